The number of nitrogens with zero attached hydrogens (tertiary/aromatic N) is 6. The summed E-state index contributed by atoms with van der Waals surface area (Å²) in [5.41, 5.74) is -0.769. The van der Waals surface area contributed by atoms with Gasteiger partial charge in [-0.1, -0.05) is 0 Å². The number of aromatic nitrogens is 5. The molecular formula is C25H22F3N7O4. The number of rotatable bonds is 8. The number of alkyl halides is 3. The number of methoxy groups -OCH3 is 1. The van der Waals surface area contributed by atoms with Gasteiger partial charge in [0.05, 0.1) is 37.0 Å². The first-order valence-corrected chi connectivity index (χ1v) is 12.0. The first-order valence-electron chi connectivity index (χ1n) is 12.0. The summed E-state index contributed by atoms with van der Waals surface area (Å²) in [5, 5.41) is 16.8. The molecule has 1 amide bonds. The van der Waals surface area contributed by atoms with Gasteiger partial charge in [0.25, 0.3) is 5.91 Å². The van der Waals surface area contributed by atoms with Crippen LogP contribution in [0.15, 0.2) is 30.6 Å². The number of esters is 1. The summed E-state index contributed by atoms with van der Waals surface area (Å²) >= 11 is 0. The number of hydrogen-bond acceptors (Lipinski definition) is 9. The van der Waals surface area contributed by atoms with Gasteiger partial charge in [-0.25, -0.2) is 19.7 Å². The minimum absolute atomic E-state index is 0.00533. The van der Waals surface area contributed by atoms with Gasteiger partial charge in [-0.15, -0.1) is 18.3 Å². The van der Waals surface area contributed by atoms with Gasteiger partial charge in [0, 0.05) is 11.5 Å². The predicted octanol–water partition coefficient (Wildman–Crippen LogP) is 3.67. The molecule has 2 saturated carbocycles. The van der Waals surface area contributed by atoms with Crippen LogP contribution in [0.25, 0.3) is 5.82 Å². The fraction of sp³-hybridized carbons (Fsp3) is 0.400. The van der Waals surface area contributed by atoms with Crippen LogP contribution in [-0.4, -0.2) is 50.1 Å². The SMILES string of the molecule is COC(=O)c1cnc(-n2nc(C3CC3)nc2[C@H](C)NC(=O)c2cc(OC(F)(F)F)cc(C3(C#N)CC3)c2)cn1. The van der Waals surface area contributed by atoms with Crippen LogP contribution in [0, 0.1) is 11.3 Å². The average Bonchev–Trinajstić information content (AvgIpc) is 3.84. The zero-order valence-corrected chi connectivity index (χ0v) is 20.8. The number of halogens is 3. The number of carbonyl (C=O) groups is 2. The van der Waals surface area contributed by atoms with E-state index in [1.54, 1.807) is 6.92 Å². The molecule has 2 aromatic heterocycles. The third kappa shape index (κ3) is 5.52. The topological polar surface area (TPSA) is 145 Å². The van der Waals surface area contributed by atoms with Crippen molar-refractivity contribution in [3.05, 3.63) is 59.1 Å². The Morgan fingerprint density at radius 2 is 1.95 bits per heavy atom. The second kappa shape index (κ2) is 9.64. The van der Waals surface area contributed by atoms with Crippen LogP contribution in [0.4, 0.5) is 13.2 Å². The van der Waals surface area contributed by atoms with Crippen molar-refractivity contribution >= 4 is 11.9 Å². The maximum atomic E-state index is 13.2. The molecule has 1 aromatic carbocycles. The van der Waals surface area contributed by atoms with Crippen molar-refractivity contribution in [2.75, 3.05) is 7.11 Å². The quantitative estimate of drug-likeness (QED) is 0.422. The Morgan fingerprint density at radius 3 is 2.51 bits per heavy atom. The number of nitrogens with one attached hydrogen (secondary N) is 1. The summed E-state index contributed by atoms with van der Waals surface area (Å²) < 4.78 is 49.0. The summed E-state index contributed by atoms with van der Waals surface area (Å²) in [5.74, 6) is -0.672. The van der Waals surface area contributed by atoms with E-state index in [9.17, 15) is 28.0 Å². The van der Waals surface area contributed by atoms with E-state index in [4.69, 9.17) is 0 Å². The van der Waals surface area contributed by atoms with Crippen molar-refractivity contribution in [3.8, 4) is 17.6 Å². The molecular weight excluding hydrogens is 519 g/mol. The van der Waals surface area contributed by atoms with Crippen molar-refractivity contribution in [2.24, 2.45) is 0 Å². The van der Waals surface area contributed by atoms with E-state index in [-0.39, 0.29) is 28.6 Å². The van der Waals surface area contributed by atoms with Crippen LogP contribution in [0.2, 0.25) is 0 Å². The van der Waals surface area contributed by atoms with E-state index < -0.39 is 35.4 Å². The first kappa shape index (κ1) is 26.1. The molecule has 2 heterocycles. The molecule has 0 aliphatic heterocycles. The van der Waals surface area contributed by atoms with Crippen molar-refractivity contribution in [3.63, 3.8) is 0 Å². The van der Waals surface area contributed by atoms with Crippen LogP contribution >= 0.6 is 0 Å². The second-order valence-electron chi connectivity index (χ2n) is 9.45. The Hall–Kier alpha value is -4.54. The van der Waals surface area contributed by atoms with Gasteiger partial charge in [0.15, 0.2) is 23.2 Å². The molecule has 0 radical (unpaired) electrons. The molecule has 1 N–H and O–H groups in total. The Morgan fingerprint density at radius 1 is 1.21 bits per heavy atom. The standard InChI is InChI=1S/C25H22F3N7O4/c1-13(21-33-20(14-3-4-14)34-35(21)19-11-30-18(10-31-19)23(37)38-2)32-22(36)15-7-16(24(12-29)5-6-24)9-17(8-15)39-25(26,27)28/h7-11,13-14H,3-6H2,1-2H3,(H,32,36)/t13-/m0/s1. The van der Waals surface area contributed by atoms with Crippen LogP contribution in [0.3, 0.4) is 0 Å². The zero-order valence-electron chi connectivity index (χ0n) is 20.8. The second-order valence-corrected chi connectivity index (χ2v) is 9.45. The molecule has 3 aromatic rings. The highest BCUT2D eigenvalue weighted by atomic mass is 19.4. The van der Waals surface area contributed by atoms with Crippen LogP contribution in [0.5, 0.6) is 5.75 Å². The lowest BCUT2D eigenvalue weighted by atomic mass is 9.95. The average molecular weight is 541 g/mol. The summed E-state index contributed by atoms with van der Waals surface area (Å²) in [4.78, 5) is 37.8. The maximum Gasteiger partial charge on any atom is 0.573 e. The molecule has 2 aliphatic rings. The molecule has 202 valence electrons. The molecule has 2 aliphatic carbocycles. The van der Waals surface area contributed by atoms with Crippen molar-refractivity contribution < 1.29 is 32.2 Å². The van der Waals surface area contributed by atoms with Crippen molar-refractivity contribution in [1.82, 2.24) is 30.0 Å². The number of benzene rings is 1. The minimum Gasteiger partial charge on any atom is -0.464 e. The number of amides is 1. The molecule has 11 nitrogen and oxygen atoms in total. The monoisotopic (exact) mass is 541 g/mol. The lowest BCUT2D eigenvalue weighted by Gasteiger charge is -2.17. The van der Waals surface area contributed by atoms with Crippen LogP contribution < -0.4 is 10.1 Å². The van der Waals surface area contributed by atoms with Crippen molar-refractivity contribution in [2.45, 2.75) is 56.3 Å². The molecule has 0 unspecified atom stereocenters. The number of nitriles is 1. The normalized spacial score (nSPS) is 16.6. The first-order chi connectivity index (χ1) is 18.5. The Balaban J connectivity index is 1.44. The Bertz CT molecular complexity index is 1470. The summed E-state index contributed by atoms with van der Waals surface area (Å²) in [6, 6.07) is 4.87. The molecule has 2 fully saturated rings. The Labute approximate surface area is 220 Å². The fourth-order valence-corrected chi connectivity index (χ4v) is 4.08. The van der Waals surface area contributed by atoms with Gasteiger partial charge in [-0.2, -0.15) is 9.94 Å². The number of carbonyl (C=O) groups excluding carboxylic acids is 2. The lowest BCUT2D eigenvalue weighted by Crippen LogP contribution is -2.29. The molecule has 0 bridgehead atoms. The third-order valence-corrected chi connectivity index (χ3v) is 6.49. The fourth-order valence-electron chi connectivity index (χ4n) is 4.08. The van der Waals surface area contributed by atoms with Gasteiger partial charge < -0.3 is 14.8 Å². The number of hydrogen-bond donors (Lipinski definition) is 1. The molecule has 0 saturated heterocycles. The molecule has 39 heavy (non-hydrogen) atoms. The lowest BCUT2D eigenvalue weighted by molar-refractivity contribution is -0.274. The van der Waals surface area contributed by atoms with Gasteiger partial charge in [0.1, 0.15) is 5.75 Å². The largest absolute Gasteiger partial charge is 0.573 e. The molecule has 14 heteroatoms. The van der Waals surface area contributed by atoms with E-state index >= 15 is 0 Å². The highest BCUT2D eigenvalue weighted by Crippen LogP contribution is 2.48. The third-order valence-electron chi connectivity index (χ3n) is 6.49. The van der Waals surface area contributed by atoms with E-state index in [1.165, 1.54) is 30.3 Å². The highest BCUT2D eigenvalue weighted by Gasteiger charge is 2.46. The minimum atomic E-state index is -4.97. The van der Waals surface area contributed by atoms with Gasteiger partial charge in [0.2, 0.25) is 0 Å². The van der Waals surface area contributed by atoms with Crippen molar-refractivity contribution in [1.29, 1.82) is 5.26 Å². The summed E-state index contributed by atoms with van der Waals surface area (Å²) in [6.45, 7) is 1.64. The van der Waals surface area contributed by atoms with Gasteiger partial charge >= 0.3 is 12.3 Å². The van der Waals surface area contributed by atoms with Gasteiger partial charge in [-0.05, 0) is 56.4 Å². The highest BCUT2D eigenvalue weighted by molar-refractivity contribution is 5.95. The Kier molecular flexibility index (Phi) is 6.45. The molecule has 0 spiro atoms. The van der Waals surface area contributed by atoms with E-state index in [1.807, 2.05) is 0 Å². The van der Waals surface area contributed by atoms with Gasteiger partial charge in [-0.3, -0.25) is 4.79 Å². The molecule has 5 rings (SSSR count). The summed E-state index contributed by atoms with van der Waals surface area (Å²) in [7, 11) is 1.22. The van der Waals surface area contributed by atoms with Crippen LogP contribution in [-0.2, 0) is 10.2 Å². The van der Waals surface area contributed by atoms with E-state index in [0.717, 1.165) is 25.0 Å². The predicted molar refractivity (Wildman–Crippen MR) is 126 cm³/mol. The molecule has 1 atom stereocenters. The number of ether oxygens (including phenoxy) is 2. The van der Waals surface area contributed by atoms with E-state index in [2.05, 4.69) is 40.9 Å². The van der Waals surface area contributed by atoms with Crippen LogP contribution in [0.1, 0.15) is 82.6 Å². The smallest absolute Gasteiger partial charge is 0.464 e. The zero-order chi connectivity index (χ0) is 27.9. The maximum absolute atomic E-state index is 13.2. The summed E-state index contributed by atoms with van der Waals surface area (Å²) in [6.07, 6.45) is 0.334. The van der Waals surface area contributed by atoms with E-state index in [0.29, 0.717) is 24.5 Å².